The van der Waals surface area contributed by atoms with Crippen molar-refractivity contribution in [3.63, 3.8) is 0 Å². The fraction of sp³-hybridized carbons (Fsp3) is 0.130. The van der Waals surface area contributed by atoms with Gasteiger partial charge in [0.1, 0.15) is 5.75 Å². The first kappa shape index (κ1) is 19.2. The minimum atomic E-state index is -1.26. The van der Waals surface area contributed by atoms with Crippen LogP contribution in [0.15, 0.2) is 59.7 Å². The lowest BCUT2D eigenvalue weighted by molar-refractivity contribution is 0.0687. The smallest absolute Gasteiger partial charge is 0.358 e. The number of hydrogen-bond donors (Lipinski definition) is 3. The molecule has 3 N–H and O–H groups in total. The summed E-state index contributed by atoms with van der Waals surface area (Å²) in [7, 11) is 0. The van der Waals surface area contributed by atoms with E-state index in [1.54, 1.807) is 17.4 Å². The molecule has 0 radical (unpaired) electrons. The van der Waals surface area contributed by atoms with E-state index in [4.69, 9.17) is 0 Å². The van der Waals surface area contributed by atoms with E-state index < -0.39 is 5.97 Å². The van der Waals surface area contributed by atoms with Gasteiger partial charge in [-0.2, -0.15) is 5.10 Å². The van der Waals surface area contributed by atoms with Crippen LogP contribution in [0.5, 0.6) is 5.75 Å². The SMILES string of the molecule is O=C(O)c1nc(-c2ccc3c(c2)/C(=N/Nc2nc4ccccc4s2)CCC3)ccc1O. The monoisotopic (exact) mass is 430 g/mol. The van der Waals surface area contributed by atoms with Gasteiger partial charge in [0.2, 0.25) is 5.13 Å². The van der Waals surface area contributed by atoms with Gasteiger partial charge < -0.3 is 10.2 Å². The molecular weight excluding hydrogens is 412 g/mol. The van der Waals surface area contributed by atoms with E-state index in [0.29, 0.717) is 5.69 Å². The van der Waals surface area contributed by atoms with Gasteiger partial charge in [-0.05, 0) is 55.2 Å². The lowest BCUT2D eigenvalue weighted by Crippen LogP contribution is -2.14. The summed E-state index contributed by atoms with van der Waals surface area (Å²) < 4.78 is 1.10. The standard InChI is InChI=1S/C23H18N4O3S/c28-19-11-10-16(24-21(19)22(29)30)14-9-8-13-4-3-6-17(15(13)12-14)26-27-23-25-18-5-1-2-7-20(18)31-23/h1-2,5,7-12,28H,3-4,6H2,(H,25,27)(H,29,30)/b26-17+. The molecule has 1 aliphatic carbocycles. The Morgan fingerprint density at radius 2 is 1.94 bits per heavy atom. The Balaban J connectivity index is 1.49. The lowest BCUT2D eigenvalue weighted by atomic mass is 9.88. The Hall–Kier alpha value is -3.78. The minimum absolute atomic E-state index is 0.350. The summed E-state index contributed by atoms with van der Waals surface area (Å²) in [5.41, 5.74) is 8.09. The molecule has 0 saturated heterocycles. The molecule has 0 atom stereocenters. The molecule has 2 aromatic carbocycles. The number of hydrogen-bond acceptors (Lipinski definition) is 7. The number of aromatic nitrogens is 2. The van der Waals surface area contributed by atoms with E-state index in [0.717, 1.165) is 51.4 Å². The highest BCUT2D eigenvalue weighted by Gasteiger charge is 2.19. The fourth-order valence-electron chi connectivity index (χ4n) is 3.72. The summed E-state index contributed by atoms with van der Waals surface area (Å²) in [6, 6.07) is 16.9. The maximum atomic E-state index is 11.3. The molecule has 8 heteroatoms. The molecule has 2 aromatic heterocycles. The van der Waals surface area contributed by atoms with Gasteiger partial charge in [0.25, 0.3) is 0 Å². The zero-order valence-corrected chi connectivity index (χ0v) is 17.2. The molecule has 0 aliphatic heterocycles. The molecule has 0 saturated carbocycles. The number of carbonyl (C=O) groups is 1. The molecule has 7 nitrogen and oxygen atoms in total. The van der Waals surface area contributed by atoms with E-state index >= 15 is 0 Å². The summed E-state index contributed by atoms with van der Waals surface area (Å²) in [6.45, 7) is 0. The number of para-hydroxylation sites is 1. The molecule has 5 rings (SSSR count). The zero-order valence-electron chi connectivity index (χ0n) is 16.4. The van der Waals surface area contributed by atoms with Gasteiger partial charge in [0.15, 0.2) is 5.69 Å². The molecule has 0 unspecified atom stereocenters. The molecule has 1 aliphatic rings. The van der Waals surface area contributed by atoms with Crippen molar-refractivity contribution in [3.05, 3.63) is 71.4 Å². The van der Waals surface area contributed by atoms with Crippen molar-refractivity contribution >= 4 is 38.4 Å². The number of anilines is 1. The van der Waals surface area contributed by atoms with Gasteiger partial charge in [-0.25, -0.2) is 14.8 Å². The maximum Gasteiger partial charge on any atom is 0.358 e. The first-order chi connectivity index (χ1) is 15.1. The van der Waals surface area contributed by atoms with E-state index in [2.05, 4.69) is 20.5 Å². The molecule has 31 heavy (non-hydrogen) atoms. The van der Waals surface area contributed by atoms with Crippen LogP contribution in [0.1, 0.15) is 34.5 Å². The summed E-state index contributed by atoms with van der Waals surface area (Å²) in [5, 5.41) is 24.4. The molecular formula is C23H18N4O3S. The Kier molecular flexibility index (Phi) is 4.83. The van der Waals surface area contributed by atoms with Gasteiger partial charge in [0.05, 0.1) is 21.6 Å². The predicted octanol–water partition coefficient (Wildman–Crippen LogP) is 4.91. The third kappa shape index (κ3) is 3.73. The third-order valence-electron chi connectivity index (χ3n) is 5.23. The highest BCUT2D eigenvalue weighted by atomic mass is 32.1. The largest absolute Gasteiger partial charge is 0.505 e. The number of nitrogens with zero attached hydrogens (tertiary/aromatic N) is 3. The van der Waals surface area contributed by atoms with Crippen molar-refractivity contribution in [2.24, 2.45) is 5.10 Å². The van der Waals surface area contributed by atoms with Gasteiger partial charge in [-0.15, -0.1) is 0 Å². The quantitative estimate of drug-likeness (QED) is 0.397. The second kappa shape index (κ2) is 7.81. The first-order valence-electron chi connectivity index (χ1n) is 9.83. The van der Waals surface area contributed by atoms with Crippen molar-refractivity contribution in [1.29, 1.82) is 0 Å². The van der Waals surface area contributed by atoms with Crippen LogP contribution in [0.2, 0.25) is 0 Å². The van der Waals surface area contributed by atoms with Gasteiger partial charge in [0, 0.05) is 11.1 Å². The maximum absolute atomic E-state index is 11.3. The van der Waals surface area contributed by atoms with Crippen LogP contribution in [0.25, 0.3) is 21.5 Å². The highest BCUT2D eigenvalue weighted by molar-refractivity contribution is 7.22. The number of benzene rings is 2. The topological polar surface area (TPSA) is 108 Å². The molecule has 154 valence electrons. The van der Waals surface area contributed by atoms with Crippen LogP contribution in [0.3, 0.4) is 0 Å². The van der Waals surface area contributed by atoms with E-state index in [9.17, 15) is 15.0 Å². The number of fused-ring (bicyclic) bond motifs is 2. The van der Waals surface area contributed by atoms with Crippen molar-refractivity contribution in [3.8, 4) is 17.0 Å². The number of rotatable bonds is 4. The van der Waals surface area contributed by atoms with Crippen molar-refractivity contribution < 1.29 is 15.0 Å². The number of hydrazone groups is 1. The number of aryl methyl sites for hydroxylation is 1. The summed E-state index contributed by atoms with van der Waals surface area (Å²) in [6.07, 6.45) is 2.80. The van der Waals surface area contributed by atoms with Crippen molar-refractivity contribution in [1.82, 2.24) is 9.97 Å². The second-order valence-electron chi connectivity index (χ2n) is 7.25. The Morgan fingerprint density at radius 3 is 2.77 bits per heavy atom. The van der Waals surface area contributed by atoms with Crippen LogP contribution in [-0.4, -0.2) is 31.9 Å². The zero-order chi connectivity index (χ0) is 21.4. The van der Waals surface area contributed by atoms with Crippen molar-refractivity contribution in [2.45, 2.75) is 19.3 Å². The van der Waals surface area contributed by atoms with Crippen LogP contribution in [0, 0.1) is 0 Å². The van der Waals surface area contributed by atoms with E-state index in [-0.39, 0.29) is 11.4 Å². The predicted molar refractivity (Wildman–Crippen MR) is 121 cm³/mol. The molecule has 0 bridgehead atoms. The van der Waals surface area contributed by atoms with Gasteiger partial charge >= 0.3 is 5.97 Å². The Bertz CT molecular complexity index is 1310. The molecule has 0 amide bonds. The first-order valence-corrected chi connectivity index (χ1v) is 10.7. The number of pyridine rings is 1. The summed E-state index contributed by atoms with van der Waals surface area (Å²) >= 11 is 1.55. The normalized spacial score (nSPS) is 14.5. The average Bonchev–Trinajstić information content (AvgIpc) is 3.20. The lowest BCUT2D eigenvalue weighted by Gasteiger charge is -2.19. The van der Waals surface area contributed by atoms with Crippen LogP contribution < -0.4 is 5.43 Å². The molecule has 0 spiro atoms. The van der Waals surface area contributed by atoms with Crippen LogP contribution in [0.4, 0.5) is 5.13 Å². The second-order valence-corrected chi connectivity index (χ2v) is 8.28. The van der Waals surface area contributed by atoms with Crippen molar-refractivity contribution in [2.75, 3.05) is 5.43 Å². The van der Waals surface area contributed by atoms with Gasteiger partial charge in [-0.1, -0.05) is 35.6 Å². The number of carboxylic acid groups (broad SMARTS) is 1. The Morgan fingerprint density at radius 1 is 1.06 bits per heavy atom. The molecule has 0 fully saturated rings. The number of carboxylic acids is 1. The third-order valence-corrected chi connectivity index (χ3v) is 6.17. The summed E-state index contributed by atoms with van der Waals surface area (Å²) in [5.74, 6) is -1.61. The number of aromatic hydroxyl groups is 1. The fourth-order valence-corrected chi connectivity index (χ4v) is 4.53. The highest BCUT2D eigenvalue weighted by Crippen LogP contribution is 2.30. The van der Waals surface area contributed by atoms with Crippen LogP contribution >= 0.6 is 11.3 Å². The molecule has 2 heterocycles. The number of thiazole rings is 1. The van der Waals surface area contributed by atoms with Crippen LogP contribution in [-0.2, 0) is 6.42 Å². The minimum Gasteiger partial charge on any atom is -0.505 e. The van der Waals surface area contributed by atoms with E-state index in [1.807, 2.05) is 42.5 Å². The van der Waals surface area contributed by atoms with E-state index in [1.165, 1.54) is 11.6 Å². The number of aromatic carboxylic acids is 1. The number of nitrogens with one attached hydrogen (secondary N) is 1. The molecule has 4 aromatic rings. The Labute approximate surface area is 181 Å². The average molecular weight is 430 g/mol. The van der Waals surface area contributed by atoms with Gasteiger partial charge in [-0.3, -0.25) is 5.43 Å². The summed E-state index contributed by atoms with van der Waals surface area (Å²) in [4.78, 5) is 20.0.